The molecule has 0 fully saturated rings. The van der Waals surface area contributed by atoms with Gasteiger partial charge in [-0.25, -0.2) is 8.42 Å². The third kappa shape index (κ3) is 4.29. The highest BCUT2D eigenvalue weighted by Gasteiger charge is 2.11. The van der Waals surface area contributed by atoms with Crippen LogP contribution in [0.4, 0.5) is 0 Å². The van der Waals surface area contributed by atoms with Crippen molar-refractivity contribution in [3.63, 3.8) is 0 Å². The van der Waals surface area contributed by atoms with Gasteiger partial charge in [0.2, 0.25) is 0 Å². The molecule has 96 valence electrons. The summed E-state index contributed by atoms with van der Waals surface area (Å²) < 4.78 is 28.7. The van der Waals surface area contributed by atoms with Crippen molar-refractivity contribution < 1.29 is 18.3 Å². The monoisotopic (exact) mass is 322 g/mol. The molecular formula is C11H15BrO4S. The molecule has 0 saturated carbocycles. The average molecular weight is 323 g/mol. The maximum atomic E-state index is 11.3. The predicted molar refractivity (Wildman–Crippen MR) is 69.9 cm³/mol. The van der Waals surface area contributed by atoms with Gasteiger partial charge in [0, 0.05) is 11.3 Å². The highest BCUT2D eigenvalue weighted by atomic mass is 79.9. The lowest BCUT2D eigenvalue weighted by Crippen LogP contribution is -2.16. The van der Waals surface area contributed by atoms with Gasteiger partial charge in [0.25, 0.3) is 0 Å². The van der Waals surface area contributed by atoms with Crippen LogP contribution in [-0.4, -0.2) is 31.6 Å². The van der Waals surface area contributed by atoms with Gasteiger partial charge in [-0.15, -0.1) is 0 Å². The fraction of sp³-hybridized carbons (Fsp3) is 0.455. The van der Waals surface area contributed by atoms with Crippen molar-refractivity contribution in [3.8, 4) is 5.75 Å². The number of para-hydroxylation sites is 1. The molecule has 0 spiro atoms. The van der Waals surface area contributed by atoms with Gasteiger partial charge < -0.3 is 9.84 Å². The van der Waals surface area contributed by atoms with E-state index in [1.807, 2.05) is 0 Å². The van der Waals surface area contributed by atoms with Crippen molar-refractivity contribution >= 4 is 25.8 Å². The number of ether oxygens (including phenoxy) is 1. The number of aliphatic hydroxyl groups is 1. The zero-order valence-corrected chi connectivity index (χ0v) is 11.9. The smallest absolute Gasteiger partial charge is 0.153 e. The summed E-state index contributed by atoms with van der Waals surface area (Å²) in [5.41, 5.74) is 0.633. The molecule has 1 N–H and O–H groups in total. The number of benzene rings is 1. The van der Waals surface area contributed by atoms with Gasteiger partial charge in [-0.3, -0.25) is 0 Å². The number of sulfone groups is 1. The molecule has 17 heavy (non-hydrogen) atoms. The van der Waals surface area contributed by atoms with Gasteiger partial charge in [-0.05, 0) is 22.0 Å². The Bertz CT molecular complexity index is 470. The Kier molecular flexibility index (Phi) is 5.42. The Balaban J connectivity index is 2.70. The summed E-state index contributed by atoms with van der Waals surface area (Å²) >= 11 is 3.30. The van der Waals surface area contributed by atoms with Gasteiger partial charge in [-0.1, -0.05) is 19.1 Å². The van der Waals surface area contributed by atoms with Crippen LogP contribution >= 0.6 is 15.9 Å². The second kappa shape index (κ2) is 6.37. The Morgan fingerprint density at radius 1 is 1.41 bits per heavy atom. The summed E-state index contributed by atoms with van der Waals surface area (Å²) in [5, 5.41) is 9.13. The van der Waals surface area contributed by atoms with E-state index in [4.69, 9.17) is 9.84 Å². The third-order valence-electron chi connectivity index (χ3n) is 2.30. The van der Waals surface area contributed by atoms with Crippen LogP contribution in [-0.2, 0) is 16.4 Å². The average Bonchev–Trinajstić information content (AvgIpc) is 2.31. The van der Waals surface area contributed by atoms with Crippen molar-refractivity contribution in [2.75, 3.05) is 18.1 Å². The maximum absolute atomic E-state index is 11.3. The lowest BCUT2D eigenvalue weighted by molar-refractivity contribution is 0.266. The molecule has 1 aromatic carbocycles. The predicted octanol–water partition coefficient (Wildman–Crippen LogP) is 1.75. The first-order valence-corrected chi connectivity index (χ1v) is 7.83. The Labute approximate surface area is 110 Å². The molecule has 0 unspecified atom stereocenters. The number of hydrogen-bond acceptors (Lipinski definition) is 4. The minimum atomic E-state index is -3.02. The summed E-state index contributed by atoms with van der Waals surface area (Å²) in [6, 6.07) is 5.29. The van der Waals surface area contributed by atoms with Gasteiger partial charge in [-0.2, -0.15) is 0 Å². The summed E-state index contributed by atoms with van der Waals surface area (Å²) in [6.45, 7) is 1.55. The van der Waals surface area contributed by atoms with Crippen molar-refractivity contribution in [3.05, 3.63) is 28.2 Å². The molecule has 0 amide bonds. The first kappa shape index (κ1) is 14.5. The van der Waals surface area contributed by atoms with E-state index in [0.29, 0.717) is 15.8 Å². The SMILES string of the molecule is CCS(=O)(=O)CCOc1c(Br)cccc1CO. The highest BCUT2D eigenvalue weighted by molar-refractivity contribution is 9.10. The molecule has 0 saturated heterocycles. The molecule has 0 radical (unpaired) electrons. The normalized spacial score (nSPS) is 11.5. The van der Waals surface area contributed by atoms with Crippen LogP contribution in [0.2, 0.25) is 0 Å². The van der Waals surface area contributed by atoms with E-state index in [1.165, 1.54) is 0 Å². The number of halogens is 1. The molecule has 0 aliphatic heterocycles. The Morgan fingerprint density at radius 2 is 2.12 bits per heavy atom. The summed E-state index contributed by atoms with van der Waals surface area (Å²) in [6.07, 6.45) is 0. The Hall–Kier alpha value is -0.590. The van der Waals surface area contributed by atoms with E-state index >= 15 is 0 Å². The van der Waals surface area contributed by atoms with Crippen LogP contribution < -0.4 is 4.74 Å². The Morgan fingerprint density at radius 3 is 2.71 bits per heavy atom. The molecule has 0 aromatic heterocycles. The highest BCUT2D eigenvalue weighted by Crippen LogP contribution is 2.29. The second-order valence-electron chi connectivity index (χ2n) is 3.47. The van der Waals surface area contributed by atoms with E-state index in [1.54, 1.807) is 25.1 Å². The quantitative estimate of drug-likeness (QED) is 0.866. The van der Waals surface area contributed by atoms with Gasteiger partial charge in [0.15, 0.2) is 9.84 Å². The van der Waals surface area contributed by atoms with Crippen LogP contribution in [0, 0.1) is 0 Å². The van der Waals surface area contributed by atoms with E-state index < -0.39 is 9.84 Å². The van der Waals surface area contributed by atoms with Gasteiger partial charge in [0.05, 0.1) is 16.8 Å². The molecular weight excluding hydrogens is 308 g/mol. The van der Waals surface area contributed by atoms with Gasteiger partial charge >= 0.3 is 0 Å². The maximum Gasteiger partial charge on any atom is 0.153 e. The largest absolute Gasteiger partial charge is 0.491 e. The summed E-state index contributed by atoms with van der Waals surface area (Å²) in [4.78, 5) is 0. The second-order valence-corrected chi connectivity index (χ2v) is 6.80. The van der Waals surface area contributed by atoms with Crippen LogP contribution in [0.5, 0.6) is 5.75 Å². The summed E-state index contributed by atoms with van der Waals surface area (Å²) in [7, 11) is -3.02. The molecule has 0 bridgehead atoms. The van der Waals surface area contributed by atoms with Crippen molar-refractivity contribution in [2.24, 2.45) is 0 Å². The van der Waals surface area contributed by atoms with Crippen LogP contribution in [0.15, 0.2) is 22.7 Å². The third-order valence-corrected chi connectivity index (χ3v) is 4.59. The van der Waals surface area contributed by atoms with Crippen LogP contribution in [0.3, 0.4) is 0 Å². The zero-order chi connectivity index (χ0) is 12.9. The number of rotatable bonds is 6. The molecule has 1 aromatic rings. The van der Waals surface area contributed by atoms with E-state index in [0.717, 1.165) is 0 Å². The standard InChI is InChI=1S/C11H15BrO4S/c1-2-17(14,15)7-6-16-11-9(8-13)4-3-5-10(11)12/h3-5,13H,2,6-8H2,1H3. The minimum Gasteiger partial charge on any atom is -0.491 e. The van der Waals surface area contributed by atoms with E-state index in [-0.39, 0.29) is 24.7 Å². The lowest BCUT2D eigenvalue weighted by Gasteiger charge is -2.11. The molecule has 4 nitrogen and oxygen atoms in total. The van der Waals surface area contributed by atoms with E-state index in [2.05, 4.69) is 15.9 Å². The molecule has 1 rings (SSSR count). The first-order chi connectivity index (χ1) is 8.00. The molecule has 0 heterocycles. The molecule has 0 aliphatic carbocycles. The van der Waals surface area contributed by atoms with Gasteiger partial charge in [0.1, 0.15) is 12.4 Å². The van der Waals surface area contributed by atoms with Crippen LogP contribution in [0.25, 0.3) is 0 Å². The van der Waals surface area contributed by atoms with Crippen molar-refractivity contribution in [2.45, 2.75) is 13.5 Å². The molecule has 6 heteroatoms. The van der Waals surface area contributed by atoms with E-state index in [9.17, 15) is 8.42 Å². The fourth-order valence-electron chi connectivity index (χ4n) is 1.25. The fourth-order valence-corrected chi connectivity index (χ4v) is 2.40. The first-order valence-electron chi connectivity index (χ1n) is 5.21. The van der Waals surface area contributed by atoms with Crippen molar-refractivity contribution in [1.29, 1.82) is 0 Å². The zero-order valence-electron chi connectivity index (χ0n) is 9.52. The molecule has 0 atom stereocenters. The number of aliphatic hydroxyl groups excluding tert-OH is 1. The molecule has 0 aliphatic rings. The topological polar surface area (TPSA) is 63.6 Å². The minimum absolute atomic E-state index is 0.0182. The van der Waals surface area contributed by atoms with Crippen molar-refractivity contribution in [1.82, 2.24) is 0 Å². The number of hydrogen-bond donors (Lipinski definition) is 1. The van der Waals surface area contributed by atoms with Crippen LogP contribution in [0.1, 0.15) is 12.5 Å². The summed E-state index contributed by atoms with van der Waals surface area (Å²) in [5.74, 6) is 0.593. The lowest BCUT2D eigenvalue weighted by atomic mass is 10.2.